The lowest BCUT2D eigenvalue weighted by Gasteiger charge is -2.24. The maximum absolute atomic E-state index is 9.57. The van der Waals surface area contributed by atoms with Crippen molar-refractivity contribution in [1.82, 2.24) is 0 Å². The number of nitriles is 1. The van der Waals surface area contributed by atoms with Crippen molar-refractivity contribution in [2.24, 2.45) is 0 Å². The molecule has 2 rings (SSSR count). The topological polar surface area (TPSA) is 23.8 Å². The SMILES string of the molecule is CCCCCCCCc1ccc(C2(C#N)C=CC=CC2)cc1. The van der Waals surface area contributed by atoms with Gasteiger partial charge in [-0.05, 0) is 30.4 Å². The van der Waals surface area contributed by atoms with Gasteiger partial charge in [0, 0.05) is 0 Å². The van der Waals surface area contributed by atoms with Crippen molar-refractivity contribution in [1.29, 1.82) is 5.26 Å². The summed E-state index contributed by atoms with van der Waals surface area (Å²) in [5, 5.41) is 9.57. The largest absolute Gasteiger partial charge is 0.197 e. The fraction of sp³-hybridized carbons (Fsp3) is 0.476. The van der Waals surface area contributed by atoms with Crippen LogP contribution in [-0.4, -0.2) is 0 Å². The predicted octanol–water partition coefficient (Wildman–Crippen LogP) is 5.87. The molecule has 0 bridgehead atoms. The maximum atomic E-state index is 9.57. The molecule has 0 amide bonds. The fourth-order valence-corrected chi connectivity index (χ4v) is 3.06. The molecule has 1 atom stereocenters. The first-order valence-electron chi connectivity index (χ1n) is 8.66. The molecule has 1 aliphatic rings. The highest BCUT2D eigenvalue weighted by Crippen LogP contribution is 2.32. The lowest BCUT2D eigenvalue weighted by Crippen LogP contribution is -2.21. The first-order chi connectivity index (χ1) is 10.8. The van der Waals surface area contributed by atoms with Crippen LogP contribution in [0.5, 0.6) is 0 Å². The molecule has 1 aliphatic carbocycles. The van der Waals surface area contributed by atoms with Crippen molar-refractivity contribution in [2.45, 2.75) is 63.7 Å². The van der Waals surface area contributed by atoms with Crippen LogP contribution in [0.3, 0.4) is 0 Å². The molecule has 0 fully saturated rings. The Hall–Kier alpha value is -1.81. The fourth-order valence-electron chi connectivity index (χ4n) is 3.06. The molecule has 1 nitrogen and oxygen atoms in total. The second-order valence-electron chi connectivity index (χ2n) is 6.29. The number of aryl methyl sites for hydroxylation is 1. The molecule has 0 aliphatic heterocycles. The minimum Gasteiger partial charge on any atom is -0.197 e. The Kier molecular flexibility index (Phi) is 6.46. The Morgan fingerprint density at radius 3 is 2.36 bits per heavy atom. The highest BCUT2D eigenvalue weighted by atomic mass is 14.4. The smallest absolute Gasteiger partial charge is 0.104 e. The molecule has 0 N–H and O–H groups in total. The summed E-state index contributed by atoms with van der Waals surface area (Å²) in [5.41, 5.74) is 2.04. The van der Waals surface area contributed by atoms with E-state index < -0.39 is 5.41 Å². The van der Waals surface area contributed by atoms with Gasteiger partial charge in [0.1, 0.15) is 5.41 Å². The van der Waals surface area contributed by atoms with Gasteiger partial charge >= 0.3 is 0 Å². The highest BCUT2D eigenvalue weighted by molar-refractivity contribution is 5.43. The second-order valence-corrected chi connectivity index (χ2v) is 6.29. The number of nitrogens with zero attached hydrogens (tertiary/aromatic N) is 1. The Morgan fingerprint density at radius 2 is 1.73 bits per heavy atom. The van der Waals surface area contributed by atoms with E-state index in [9.17, 15) is 5.26 Å². The summed E-state index contributed by atoms with van der Waals surface area (Å²) in [6, 6.07) is 11.2. The zero-order chi connectivity index (χ0) is 15.7. The van der Waals surface area contributed by atoms with Crippen LogP contribution in [0.15, 0.2) is 48.6 Å². The molecule has 1 aromatic rings. The monoisotopic (exact) mass is 293 g/mol. The van der Waals surface area contributed by atoms with Gasteiger partial charge in [-0.1, -0.05) is 87.6 Å². The third kappa shape index (κ3) is 4.34. The van der Waals surface area contributed by atoms with E-state index in [1.165, 1.54) is 44.1 Å². The van der Waals surface area contributed by atoms with E-state index in [0.29, 0.717) is 0 Å². The minimum atomic E-state index is -0.465. The Balaban J connectivity index is 1.87. The standard InChI is InChI=1S/C21H27N/c1-2-3-4-5-6-8-11-19-12-14-20(15-13-19)21(18-22)16-9-7-10-17-21/h7,9-10,12-16H,2-6,8,11,17H2,1H3. The van der Waals surface area contributed by atoms with E-state index >= 15 is 0 Å². The molecule has 116 valence electrons. The normalized spacial score (nSPS) is 20.0. The summed E-state index contributed by atoms with van der Waals surface area (Å²) in [5.74, 6) is 0. The number of benzene rings is 1. The summed E-state index contributed by atoms with van der Waals surface area (Å²) in [4.78, 5) is 0. The average Bonchev–Trinajstić information content (AvgIpc) is 2.59. The third-order valence-electron chi connectivity index (χ3n) is 4.56. The molecule has 1 aromatic carbocycles. The summed E-state index contributed by atoms with van der Waals surface area (Å²) < 4.78 is 0. The summed E-state index contributed by atoms with van der Waals surface area (Å²) in [6.45, 7) is 2.26. The van der Waals surface area contributed by atoms with Crippen LogP contribution in [-0.2, 0) is 11.8 Å². The van der Waals surface area contributed by atoms with Gasteiger partial charge in [0.25, 0.3) is 0 Å². The summed E-state index contributed by atoms with van der Waals surface area (Å²) >= 11 is 0. The van der Waals surface area contributed by atoms with Crippen molar-refractivity contribution in [3.63, 3.8) is 0 Å². The van der Waals surface area contributed by atoms with E-state index in [2.05, 4.69) is 43.3 Å². The van der Waals surface area contributed by atoms with E-state index in [0.717, 1.165) is 18.4 Å². The van der Waals surface area contributed by atoms with E-state index in [4.69, 9.17) is 0 Å². The summed E-state index contributed by atoms with van der Waals surface area (Å²) in [7, 11) is 0. The van der Waals surface area contributed by atoms with E-state index in [1.54, 1.807) is 0 Å². The van der Waals surface area contributed by atoms with Crippen LogP contribution in [0.25, 0.3) is 0 Å². The molecule has 0 spiro atoms. The van der Waals surface area contributed by atoms with Gasteiger partial charge in [0.15, 0.2) is 0 Å². The number of allylic oxidation sites excluding steroid dienone is 4. The molecule has 1 heteroatoms. The molecule has 0 heterocycles. The quantitative estimate of drug-likeness (QED) is 0.550. The zero-order valence-corrected chi connectivity index (χ0v) is 13.7. The second kappa shape index (κ2) is 8.59. The van der Waals surface area contributed by atoms with Crippen LogP contribution >= 0.6 is 0 Å². The van der Waals surface area contributed by atoms with Crippen molar-refractivity contribution in [3.05, 3.63) is 59.7 Å². The van der Waals surface area contributed by atoms with Gasteiger partial charge in [-0.15, -0.1) is 0 Å². The van der Waals surface area contributed by atoms with Crippen molar-refractivity contribution in [2.75, 3.05) is 0 Å². The Bertz CT molecular complexity index is 544. The van der Waals surface area contributed by atoms with Crippen LogP contribution in [0.1, 0.15) is 63.0 Å². The van der Waals surface area contributed by atoms with Gasteiger partial charge in [0.05, 0.1) is 6.07 Å². The third-order valence-corrected chi connectivity index (χ3v) is 4.56. The molecule has 1 unspecified atom stereocenters. The van der Waals surface area contributed by atoms with Gasteiger partial charge < -0.3 is 0 Å². The number of hydrogen-bond acceptors (Lipinski definition) is 1. The first kappa shape index (κ1) is 16.6. The number of hydrogen-bond donors (Lipinski definition) is 0. The Labute approximate surface area is 135 Å². The van der Waals surface area contributed by atoms with E-state index in [-0.39, 0.29) is 0 Å². The molecule has 0 saturated heterocycles. The Morgan fingerprint density at radius 1 is 1.00 bits per heavy atom. The molecular formula is C21H27N. The van der Waals surface area contributed by atoms with Crippen LogP contribution in [0.4, 0.5) is 0 Å². The highest BCUT2D eigenvalue weighted by Gasteiger charge is 2.28. The van der Waals surface area contributed by atoms with Crippen molar-refractivity contribution in [3.8, 4) is 6.07 Å². The molecular weight excluding hydrogens is 266 g/mol. The van der Waals surface area contributed by atoms with Crippen LogP contribution in [0.2, 0.25) is 0 Å². The summed E-state index contributed by atoms with van der Waals surface area (Å²) in [6.07, 6.45) is 18.0. The van der Waals surface area contributed by atoms with Gasteiger partial charge in [-0.3, -0.25) is 0 Å². The minimum absolute atomic E-state index is 0.465. The average molecular weight is 293 g/mol. The molecule has 0 radical (unpaired) electrons. The molecule has 22 heavy (non-hydrogen) atoms. The van der Waals surface area contributed by atoms with Crippen molar-refractivity contribution < 1.29 is 0 Å². The lowest BCUT2D eigenvalue weighted by molar-refractivity contribution is 0.607. The lowest BCUT2D eigenvalue weighted by atomic mass is 9.76. The zero-order valence-electron chi connectivity index (χ0n) is 13.7. The number of unbranched alkanes of at least 4 members (excludes halogenated alkanes) is 5. The first-order valence-corrected chi connectivity index (χ1v) is 8.66. The van der Waals surface area contributed by atoms with Gasteiger partial charge in [-0.2, -0.15) is 5.26 Å². The van der Waals surface area contributed by atoms with Crippen molar-refractivity contribution >= 4 is 0 Å². The maximum Gasteiger partial charge on any atom is 0.104 e. The van der Waals surface area contributed by atoms with Crippen LogP contribution < -0.4 is 0 Å². The van der Waals surface area contributed by atoms with Gasteiger partial charge in [-0.25, -0.2) is 0 Å². The van der Waals surface area contributed by atoms with Crippen LogP contribution in [0, 0.1) is 11.3 Å². The predicted molar refractivity (Wildman–Crippen MR) is 93.7 cm³/mol. The number of rotatable bonds is 8. The molecule has 0 aromatic heterocycles. The molecule has 0 saturated carbocycles. The van der Waals surface area contributed by atoms with E-state index in [1.807, 2.05) is 18.2 Å². The van der Waals surface area contributed by atoms with Gasteiger partial charge in [0.2, 0.25) is 0 Å².